The van der Waals surface area contributed by atoms with Crippen LogP contribution < -0.4 is 10.6 Å². The summed E-state index contributed by atoms with van der Waals surface area (Å²) in [5, 5.41) is 6.71. The van der Waals surface area contributed by atoms with Crippen molar-refractivity contribution in [2.45, 2.75) is 6.42 Å². The molecule has 0 saturated carbocycles. The molecule has 0 atom stereocenters. The lowest BCUT2D eigenvalue weighted by atomic mass is 10.3. The minimum Gasteiger partial charge on any atom is -0.337 e. The van der Waals surface area contributed by atoms with E-state index >= 15 is 0 Å². The maximum absolute atomic E-state index is 11.8. The number of carbonyl (C=O) groups excluding carboxylic acids is 1. The first-order valence-corrected chi connectivity index (χ1v) is 7.91. The Morgan fingerprint density at radius 2 is 2.09 bits per heavy atom. The summed E-state index contributed by atoms with van der Waals surface area (Å²) in [7, 11) is 0. The number of para-hydroxylation sites is 1. The molecule has 0 fully saturated rings. The molecule has 1 aromatic carbocycles. The zero-order valence-corrected chi connectivity index (χ0v) is 13.1. The van der Waals surface area contributed by atoms with Crippen molar-refractivity contribution in [1.82, 2.24) is 15.3 Å². The quantitative estimate of drug-likeness (QED) is 0.716. The largest absolute Gasteiger partial charge is 0.337 e. The monoisotopic (exact) mass is 332 g/mol. The summed E-state index contributed by atoms with van der Waals surface area (Å²) in [4.78, 5) is 20.2. The summed E-state index contributed by atoms with van der Waals surface area (Å²) in [5.74, 6) is 0. The highest BCUT2D eigenvalue weighted by Gasteiger charge is 2.07. The average molecular weight is 333 g/mol. The van der Waals surface area contributed by atoms with Crippen LogP contribution in [0.2, 0.25) is 5.15 Å². The van der Waals surface area contributed by atoms with Gasteiger partial charge < -0.3 is 10.6 Å². The smallest absolute Gasteiger partial charge is 0.319 e. The Balaban J connectivity index is 1.52. The summed E-state index contributed by atoms with van der Waals surface area (Å²) in [5.41, 5.74) is 1.48. The van der Waals surface area contributed by atoms with Crippen LogP contribution in [-0.4, -0.2) is 22.5 Å². The van der Waals surface area contributed by atoms with Crippen molar-refractivity contribution in [3.05, 3.63) is 52.8 Å². The fourth-order valence-corrected chi connectivity index (χ4v) is 3.09. The molecular formula is C15H13ClN4OS. The molecule has 0 radical (unpaired) electrons. The highest BCUT2D eigenvalue weighted by atomic mass is 35.5. The number of pyridine rings is 1. The number of nitrogens with zero attached hydrogens (tertiary/aromatic N) is 2. The van der Waals surface area contributed by atoms with Gasteiger partial charge >= 0.3 is 6.03 Å². The number of amides is 2. The first kappa shape index (κ1) is 14.7. The van der Waals surface area contributed by atoms with Crippen molar-refractivity contribution in [2.24, 2.45) is 0 Å². The molecule has 2 heterocycles. The number of fused-ring (bicyclic) bond motifs is 1. The number of urea groups is 1. The maximum atomic E-state index is 11.8. The molecule has 22 heavy (non-hydrogen) atoms. The van der Waals surface area contributed by atoms with E-state index in [0.29, 0.717) is 18.7 Å². The number of hydrogen-bond donors (Lipinski definition) is 2. The molecule has 0 spiro atoms. The normalized spacial score (nSPS) is 10.6. The van der Waals surface area contributed by atoms with Crippen molar-refractivity contribution in [2.75, 3.05) is 11.9 Å². The molecule has 7 heteroatoms. The van der Waals surface area contributed by atoms with Crippen LogP contribution in [0.3, 0.4) is 0 Å². The molecule has 2 N–H and O–H groups in total. The first-order valence-electron chi connectivity index (χ1n) is 6.72. The molecule has 5 nitrogen and oxygen atoms in total. The fourth-order valence-electron chi connectivity index (χ4n) is 1.96. The third-order valence-electron chi connectivity index (χ3n) is 2.97. The van der Waals surface area contributed by atoms with Gasteiger partial charge in [-0.15, -0.1) is 11.3 Å². The number of hydrogen-bond acceptors (Lipinski definition) is 4. The topological polar surface area (TPSA) is 66.9 Å². The lowest BCUT2D eigenvalue weighted by Gasteiger charge is -2.07. The van der Waals surface area contributed by atoms with Gasteiger partial charge in [0.2, 0.25) is 0 Å². The van der Waals surface area contributed by atoms with E-state index in [9.17, 15) is 4.79 Å². The van der Waals surface area contributed by atoms with Gasteiger partial charge in [-0.1, -0.05) is 23.7 Å². The Labute approximate surface area is 136 Å². The van der Waals surface area contributed by atoms with Gasteiger partial charge in [0.15, 0.2) is 5.15 Å². The summed E-state index contributed by atoms with van der Waals surface area (Å²) < 4.78 is 1.16. The highest BCUT2D eigenvalue weighted by molar-refractivity contribution is 7.18. The van der Waals surface area contributed by atoms with E-state index < -0.39 is 0 Å². The van der Waals surface area contributed by atoms with Crippen LogP contribution in [-0.2, 0) is 6.42 Å². The molecule has 0 saturated heterocycles. The van der Waals surface area contributed by atoms with Crippen molar-refractivity contribution in [3.8, 4) is 0 Å². The van der Waals surface area contributed by atoms with Crippen molar-refractivity contribution < 1.29 is 4.79 Å². The number of thiazole rings is 1. The molecule has 0 unspecified atom stereocenters. The molecule has 2 aromatic heterocycles. The Morgan fingerprint density at radius 1 is 1.23 bits per heavy atom. The molecular weight excluding hydrogens is 320 g/mol. The fraction of sp³-hybridized carbons (Fsp3) is 0.133. The summed E-state index contributed by atoms with van der Waals surface area (Å²) in [6, 6.07) is 11.1. The van der Waals surface area contributed by atoms with Crippen LogP contribution in [0.5, 0.6) is 0 Å². The molecule has 0 aliphatic heterocycles. The van der Waals surface area contributed by atoms with E-state index in [4.69, 9.17) is 11.6 Å². The molecule has 3 aromatic rings. The second-order valence-electron chi connectivity index (χ2n) is 4.55. The minimum absolute atomic E-state index is 0.267. The summed E-state index contributed by atoms with van der Waals surface area (Å²) in [6.07, 6.45) is 2.26. The second-order valence-corrected chi connectivity index (χ2v) is 6.02. The third-order valence-corrected chi connectivity index (χ3v) is 4.37. The van der Waals surface area contributed by atoms with Crippen LogP contribution in [0.25, 0.3) is 10.2 Å². The van der Waals surface area contributed by atoms with Gasteiger partial charge in [0, 0.05) is 19.2 Å². The van der Waals surface area contributed by atoms with Crippen LogP contribution in [0.15, 0.2) is 42.6 Å². The van der Waals surface area contributed by atoms with E-state index in [1.165, 1.54) is 0 Å². The SMILES string of the molecule is O=C(NCCc1nc2ccccc2s1)Nc1cccnc1Cl. The number of benzene rings is 1. The predicted molar refractivity (Wildman–Crippen MR) is 89.6 cm³/mol. The maximum Gasteiger partial charge on any atom is 0.319 e. The van der Waals surface area contributed by atoms with Gasteiger partial charge in [-0.3, -0.25) is 0 Å². The predicted octanol–water partition coefficient (Wildman–Crippen LogP) is 3.71. The number of carbonyl (C=O) groups is 1. The van der Waals surface area contributed by atoms with Crippen LogP contribution >= 0.6 is 22.9 Å². The standard InChI is InChI=1S/C15H13ClN4OS/c16-14-11(5-3-8-17-14)20-15(21)18-9-7-13-19-10-4-1-2-6-12(10)22-13/h1-6,8H,7,9H2,(H2,18,20,21). The van der Waals surface area contributed by atoms with Crippen molar-refractivity contribution in [3.63, 3.8) is 0 Å². The Bertz CT molecular complexity index is 772. The van der Waals surface area contributed by atoms with Gasteiger partial charge in [0.05, 0.1) is 20.9 Å². The number of halogens is 1. The molecule has 112 valence electrons. The van der Waals surface area contributed by atoms with Crippen LogP contribution in [0.4, 0.5) is 10.5 Å². The summed E-state index contributed by atoms with van der Waals surface area (Å²) in [6.45, 7) is 0.504. The van der Waals surface area contributed by atoms with E-state index in [1.807, 2.05) is 24.3 Å². The molecule has 0 aliphatic rings. The number of anilines is 1. The van der Waals surface area contributed by atoms with Crippen LogP contribution in [0, 0.1) is 0 Å². The summed E-state index contributed by atoms with van der Waals surface area (Å²) >= 11 is 7.52. The Kier molecular flexibility index (Phi) is 4.50. The average Bonchev–Trinajstić information content (AvgIpc) is 2.92. The van der Waals surface area contributed by atoms with Gasteiger partial charge in [0.25, 0.3) is 0 Å². The number of rotatable bonds is 4. The Morgan fingerprint density at radius 3 is 2.91 bits per heavy atom. The van der Waals surface area contributed by atoms with E-state index in [2.05, 4.69) is 20.6 Å². The van der Waals surface area contributed by atoms with Crippen LogP contribution in [0.1, 0.15) is 5.01 Å². The van der Waals surface area contributed by atoms with Gasteiger partial charge in [0.1, 0.15) is 0 Å². The van der Waals surface area contributed by atoms with E-state index in [-0.39, 0.29) is 11.2 Å². The number of nitrogens with one attached hydrogen (secondary N) is 2. The van der Waals surface area contributed by atoms with E-state index in [0.717, 1.165) is 15.2 Å². The lowest BCUT2D eigenvalue weighted by Crippen LogP contribution is -2.30. The molecule has 0 bridgehead atoms. The van der Waals surface area contributed by atoms with Gasteiger partial charge in [-0.05, 0) is 24.3 Å². The zero-order chi connectivity index (χ0) is 15.4. The van der Waals surface area contributed by atoms with Gasteiger partial charge in [-0.25, -0.2) is 14.8 Å². The van der Waals surface area contributed by atoms with Gasteiger partial charge in [-0.2, -0.15) is 0 Å². The minimum atomic E-state index is -0.309. The molecule has 2 amide bonds. The lowest BCUT2D eigenvalue weighted by molar-refractivity contribution is 0.252. The third kappa shape index (κ3) is 3.52. The van der Waals surface area contributed by atoms with Crippen molar-refractivity contribution >= 4 is 44.9 Å². The van der Waals surface area contributed by atoms with Crippen molar-refractivity contribution in [1.29, 1.82) is 0 Å². The highest BCUT2D eigenvalue weighted by Crippen LogP contribution is 2.21. The Hall–Kier alpha value is -2.18. The second kappa shape index (κ2) is 6.72. The molecule has 3 rings (SSSR count). The molecule has 0 aliphatic carbocycles. The van der Waals surface area contributed by atoms with E-state index in [1.54, 1.807) is 29.7 Å². The first-order chi connectivity index (χ1) is 10.7. The number of aromatic nitrogens is 2. The zero-order valence-electron chi connectivity index (χ0n) is 11.5.